The maximum atomic E-state index is 12.9. The maximum absolute atomic E-state index is 12.9. The third kappa shape index (κ3) is 5.40. The van der Waals surface area contributed by atoms with Crippen LogP contribution in [0.25, 0.3) is 22.5 Å². The first-order chi connectivity index (χ1) is 14.0. The second kappa shape index (κ2) is 9.95. The summed E-state index contributed by atoms with van der Waals surface area (Å²) in [5.41, 5.74) is 3.30. The van der Waals surface area contributed by atoms with Crippen LogP contribution in [0.5, 0.6) is 0 Å². The molecular formula is C23H25Cl2N3O. The largest absolute Gasteiger partial charge is 0.339 e. The Kier molecular flexibility index (Phi) is 7.34. The third-order valence-corrected chi connectivity index (χ3v) is 5.35. The van der Waals surface area contributed by atoms with E-state index in [9.17, 15) is 4.79 Å². The molecule has 2 aromatic carbocycles. The van der Waals surface area contributed by atoms with Gasteiger partial charge in [0.25, 0.3) is 5.91 Å². The van der Waals surface area contributed by atoms with Crippen LogP contribution in [0.1, 0.15) is 43.2 Å². The molecule has 0 atom stereocenters. The topological polar surface area (TPSA) is 49.0 Å². The fourth-order valence-electron chi connectivity index (χ4n) is 3.17. The van der Waals surface area contributed by atoms with Crippen molar-refractivity contribution in [3.8, 4) is 22.5 Å². The van der Waals surface area contributed by atoms with Gasteiger partial charge >= 0.3 is 0 Å². The van der Waals surface area contributed by atoms with E-state index in [0.29, 0.717) is 28.1 Å². The van der Waals surface area contributed by atoms with Crippen LogP contribution in [0.15, 0.2) is 48.5 Å². The molecule has 1 amide bonds. The molecule has 3 aromatic rings. The Balaban J connectivity index is 1.92. The Hall–Kier alpha value is -2.30. The number of nitrogens with one attached hydrogen (secondary N) is 1. The van der Waals surface area contributed by atoms with Crippen molar-refractivity contribution in [1.82, 2.24) is 14.9 Å². The summed E-state index contributed by atoms with van der Waals surface area (Å²) >= 11 is 12.1. The summed E-state index contributed by atoms with van der Waals surface area (Å²) in [6.07, 6.45) is 4.47. The van der Waals surface area contributed by atoms with Crippen LogP contribution in [0.4, 0.5) is 0 Å². The van der Waals surface area contributed by atoms with Gasteiger partial charge in [-0.3, -0.25) is 4.79 Å². The van der Waals surface area contributed by atoms with E-state index in [1.54, 1.807) is 4.90 Å². The Labute approximate surface area is 181 Å². The lowest BCUT2D eigenvalue weighted by Gasteiger charge is -2.15. The van der Waals surface area contributed by atoms with Gasteiger partial charge in [0.05, 0.1) is 11.4 Å². The van der Waals surface area contributed by atoms with Crippen molar-refractivity contribution in [3.63, 3.8) is 0 Å². The van der Waals surface area contributed by atoms with E-state index >= 15 is 0 Å². The normalized spacial score (nSPS) is 10.9. The average molecular weight is 430 g/mol. The summed E-state index contributed by atoms with van der Waals surface area (Å²) < 4.78 is 0. The molecule has 0 unspecified atom stereocenters. The van der Waals surface area contributed by atoms with E-state index in [0.717, 1.165) is 29.7 Å². The van der Waals surface area contributed by atoms with Crippen molar-refractivity contribution in [2.24, 2.45) is 0 Å². The number of hydrogen-bond acceptors (Lipinski definition) is 2. The van der Waals surface area contributed by atoms with Gasteiger partial charge in [-0.15, -0.1) is 0 Å². The fraction of sp³-hybridized carbons (Fsp3) is 0.304. The summed E-state index contributed by atoms with van der Waals surface area (Å²) in [4.78, 5) is 22.5. The zero-order valence-corrected chi connectivity index (χ0v) is 18.2. The van der Waals surface area contributed by atoms with E-state index in [-0.39, 0.29) is 5.91 Å². The van der Waals surface area contributed by atoms with Crippen LogP contribution < -0.4 is 0 Å². The lowest BCUT2D eigenvalue weighted by molar-refractivity contribution is 0.0782. The molecule has 0 aliphatic rings. The quantitative estimate of drug-likeness (QED) is 0.404. The summed E-state index contributed by atoms with van der Waals surface area (Å²) in [5, 5.41) is 1.31. The molecule has 0 bridgehead atoms. The number of rotatable bonds is 8. The SMILES string of the molecule is CCCCCCN(C)C(=O)c1nc(-c2ccc(Cl)cc2)c(-c2ccc(Cl)cc2)[nH]1. The monoisotopic (exact) mass is 429 g/mol. The van der Waals surface area contributed by atoms with Crippen LogP contribution in [-0.4, -0.2) is 34.4 Å². The molecule has 0 fully saturated rings. The standard InChI is InChI=1S/C23H25Cl2N3O/c1-3-4-5-6-15-28(2)23(29)22-26-20(16-7-11-18(24)12-8-16)21(27-22)17-9-13-19(25)14-10-17/h7-14H,3-6,15H2,1-2H3,(H,26,27). The number of carbonyl (C=O) groups is 1. The highest BCUT2D eigenvalue weighted by Gasteiger charge is 2.21. The van der Waals surface area contributed by atoms with Gasteiger partial charge in [-0.2, -0.15) is 0 Å². The van der Waals surface area contributed by atoms with Crippen molar-refractivity contribution in [2.45, 2.75) is 32.6 Å². The van der Waals surface area contributed by atoms with E-state index < -0.39 is 0 Å². The van der Waals surface area contributed by atoms with Crippen molar-refractivity contribution < 1.29 is 4.79 Å². The van der Waals surface area contributed by atoms with Crippen LogP contribution in [0.2, 0.25) is 10.0 Å². The highest BCUT2D eigenvalue weighted by Crippen LogP contribution is 2.31. The molecule has 3 rings (SSSR count). The molecule has 0 spiro atoms. The van der Waals surface area contributed by atoms with Crippen LogP contribution in [-0.2, 0) is 0 Å². The van der Waals surface area contributed by atoms with Gasteiger partial charge in [0.15, 0.2) is 5.82 Å². The van der Waals surface area contributed by atoms with Gasteiger partial charge < -0.3 is 9.88 Å². The van der Waals surface area contributed by atoms with E-state index in [2.05, 4.69) is 16.9 Å². The Bertz CT molecular complexity index is 886. The van der Waals surface area contributed by atoms with Crippen molar-refractivity contribution in [3.05, 3.63) is 64.4 Å². The Morgan fingerprint density at radius 2 is 1.52 bits per heavy atom. The fourth-order valence-corrected chi connectivity index (χ4v) is 3.43. The highest BCUT2D eigenvalue weighted by atomic mass is 35.5. The number of amides is 1. The minimum Gasteiger partial charge on any atom is -0.339 e. The van der Waals surface area contributed by atoms with E-state index in [1.807, 2.05) is 55.6 Å². The van der Waals surface area contributed by atoms with E-state index in [4.69, 9.17) is 23.2 Å². The summed E-state index contributed by atoms with van der Waals surface area (Å²) in [5.74, 6) is 0.217. The predicted molar refractivity (Wildman–Crippen MR) is 121 cm³/mol. The van der Waals surface area contributed by atoms with Gasteiger partial charge in [-0.05, 0) is 30.7 Å². The van der Waals surface area contributed by atoms with E-state index in [1.165, 1.54) is 12.8 Å². The molecule has 0 radical (unpaired) electrons. The number of benzene rings is 2. The van der Waals surface area contributed by atoms with Crippen molar-refractivity contribution >= 4 is 29.1 Å². The lowest BCUT2D eigenvalue weighted by atomic mass is 10.1. The van der Waals surface area contributed by atoms with Gasteiger partial charge in [0.2, 0.25) is 0 Å². The van der Waals surface area contributed by atoms with Crippen LogP contribution in [0, 0.1) is 0 Å². The molecule has 1 N–H and O–H groups in total. The first kappa shape index (κ1) is 21.4. The van der Waals surface area contributed by atoms with Crippen LogP contribution >= 0.6 is 23.2 Å². The third-order valence-electron chi connectivity index (χ3n) is 4.85. The summed E-state index contributed by atoms with van der Waals surface area (Å²) in [7, 11) is 1.82. The number of aromatic amines is 1. The molecule has 0 aliphatic carbocycles. The number of aromatic nitrogens is 2. The van der Waals surface area contributed by atoms with Gasteiger partial charge in [-0.1, -0.05) is 73.7 Å². The number of imidazole rings is 1. The first-order valence-electron chi connectivity index (χ1n) is 9.87. The number of nitrogens with zero attached hydrogens (tertiary/aromatic N) is 2. The maximum Gasteiger partial charge on any atom is 0.289 e. The summed E-state index contributed by atoms with van der Waals surface area (Å²) in [6, 6.07) is 14.9. The zero-order valence-electron chi connectivity index (χ0n) is 16.7. The first-order valence-corrected chi connectivity index (χ1v) is 10.6. The lowest BCUT2D eigenvalue weighted by Crippen LogP contribution is -2.28. The van der Waals surface area contributed by atoms with Gasteiger partial charge in [0, 0.05) is 34.8 Å². The molecule has 152 valence electrons. The molecule has 0 saturated carbocycles. The minimum atomic E-state index is -0.114. The Morgan fingerprint density at radius 1 is 0.931 bits per heavy atom. The summed E-state index contributed by atoms with van der Waals surface area (Å²) in [6.45, 7) is 2.89. The van der Waals surface area contributed by atoms with Crippen LogP contribution in [0.3, 0.4) is 0 Å². The molecule has 1 heterocycles. The molecule has 4 nitrogen and oxygen atoms in total. The minimum absolute atomic E-state index is 0.114. The molecule has 0 saturated heterocycles. The van der Waals surface area contributed by atoms with Gasteiger partial charge in [0.1, 0.15) is 0 Å². The zero-order chi connectivity index (χ0) is 20.8. The number of hydrogen-bond donors (Lipinski definition) is 1. The number of H-pyrrole nitrogens is 1. The molecule has 0 aliphatic heterocycles. The van der Waals surface area contributed by atoms with Gasteiger partial charge in [-0.25, -0.2) is 4.98 Å². The second-order valence-corrected chi connectivity index (χ2v) is 7.98. The number of unbranched alkanes of at least 4 members (excludes halogenated alkanes) is 3. The number of halogens is 2. The number of carbonyl (C=O) groups excluding carboxylic acids is 1. The van der Waals surface area contributed by atoms with Crippen molar-refractivity contribution in [2.75, 3.05) is 13.6 Å². The Morgan fingerprint density at radius 3 is 2.10 bits per heavy atom. The molecule has 6 heteroatoms. The van der Waals surface area contributed by atoms with Crippen molar-refractivity contribution in [1.29, 1.82) is 0 Å². The molecule has 1 aromatic heterocycles. The smallest absolute Gasteiger partial charge is 0.289 e. The average Bonchev–Trinajstić information content (AvgIpc) is 3.17. The molecule has 29 heavy (non-hydrogen) atoms. The highest BCUT2D eigenvalue weighted by molar-refractivity contribution is 6.31. The predicted octanol–water partition coefficient (Wildman–Crippen LogP) is 6.70. The second-order valence-electron chi connectivity index (χ2n) is 7.11. The molecular weight excluding hydrogens is 405 g/mol.